The highest BCUT2D eigenvalue weighted by Crippen LogP contribution is 2.47. The highest BCUT2D eigenvalue weighted by molar-refractivity contribution is 5.75. The minimum Gasteiger partial charge on any atom is -0.481 e. The van der Waals surface area contributed by atoms with Gasteiger partial charge in [-0.1, -0.05) is 24.3 Å². The highest BCUT2D eigenvalue weighted by Gasteiger charge is 2.44. The van der Waals surface area contributed by atoms with E-state index in [1.54, 1.807) is 0 Å². The Bertz CT molecular complexity index is 434. The normalized spacial score (nSPS) is 31.0. The van der Waals surface area contributed by atoms with Crippen molar-refractivity contribution in [2.24, 2.45) is 5.92 Å². The predicted octanol–water partition coefficient (Wildman–Crippen LogP) is 2.34. The van der Waals surface area contributed by atoms with E-state index < -0.39 is 5.97 Å². The van der Waals surface area contributed by atoms with Crippen molar-refractivity contribution in [2.75, 3.05) is 13.1 Å². The lowest BCUT2D eigenvalue weighted by atomic mass is 9.91. The van der Waals surface area contributed by atoms with Crippen molar-refractivity contribution in [1.82, 2.24) is 5.32 Å². The van der Waals surface area contributed by atoms with Crippen LogP contribution in [-0.2, 0) is 4.79 Å². The van der Waals surface area contributed by atoms with Crippen LogP contribution >= 0.6 is 0 Å². The molecule has 1 aliphatic heterocycles. The molecule has 96 valence electrons. The minimum absolute atomic E-state index is 0.146. The zero-order valence-electron chi connectivity index (χ0n) is 10.4. The first-order valence-corrected chi connectivity index (χ1v) is 6.79. The standard InChI is InChI=1S/C15H19NO2/c17-15(18)14-8-13(14)11-5-3-10(4-6-11)12-2-1-7-16-9-12/h3-6,12-14,16H,1-2,7-9H2,(H,17,18). The first-order chi connectivity index (χ1) is 8.75. The SMILES string of the molecule is O=C(O)C1CC1c1ccc(C2CCCNC2)cc1. The number of piperidine rings is 1. The van der Waals surface area contributed by atoms with E-state index in [2.05, 4.69) is 29.6 Å². The van der Waals surface area contributed by atoms with Gasteiger partial charge in [-0.2, -0.15) is 0 Å². The smallest absolute Gasteiger partial charge is 0.307 e. The van der Waals surface area contributed by atoms with Crippen molar-refractivity contribution in [3.05, 3.63) is 35.4 Å². The predicted molar refractivity (Wildman–Crippen MR) is 69.8 cm³/mol. The molecule has 0 radical (unpaired) electrons. The third-order valence-corrected chi connectivity index (χ3v) is 4.24. The maximum absolute atomic E-state index is 10.9. The van der Waals surface area contributed by atoms with Gasteiger partial charge in [-0.3, -0.25) is 4.79 Å². The van der Waals surface area contributed by atoms with Crippen molar-refractivity contribution < 1.29 is 9.90 Å². The number of nitrogens with one attached hydrogen (secondary N) is 1. The Morgan fingerprint density at radius 3 is 2.50 bits per heavy atom. The zero-order chi connectivity index (χ0) is 12.5. The van der Waals surface area contributed by atoms with Crippen LogP contribution in [0.15, 0.2) is 24.3 Å². The molecule has 1 saturated heterocycles. The fourth-order valence-corrected chi connectivity index (χ4v) is 2.99. The van der Waals surface area contributed by atoms with Gasteiger partial charge in [-0.05, 0) is 48.8 Å². The van der Waals surface area contributed by atoms with E-state index in [4.69, 9.17) is 5.11 Å². The van der Waals surface area contributed by atoms with Crippen LogP contribution in [0.5, 0.6) is 0 Å². The van der Waals surface area contributed by atoms with Crippen LogP contribution in [0.1, 0.15) is 42.2 Å². The monoisotopic (exact) mass is 245 g/mol. The van der Waals surface area contributed by atoms with E-state index in [9.17, 15) is 4.79 Å². The third-order valence-electron chi connectivity index (χ3n) is 4.24. The lowest BCUT2D eigenvalue weighted by molar-refractivity contribution is -0.138. The maximum atomic E-state index is 10.9. The molecule has 3 atom stereocenters. The Labute approximate surface area is 107 Å². The summed E-state index contributed by atoms with van der Waals surface area (Å²) in [5.74, 6) is 0.0797. The van der Waals surface area contributed by atoms with Gasteiger partial charge in [0.25, 0.3) is 0 Å². The lowest BCUT2D eigenvalue weighted by Crippen LogP contribution is -2.28. The summed E-state index contributed by atoms with van der Waals surface area (Å²) in [6, 6.07) is 8.61. The van der Waals surface area contributed by atoms with Gasteiger partial charge in [0.15, 0.2) is 0 Å². The molecular weight excluding hydrogens is 226 g/mol. The number of carboxylic acid groups (broad SMARTS) is 1. The average molecular weight is 245 g/mol. The van der Waals surface area contributed by atoms with Crippen LogP contribution < -0.4 is 5.32 Å². The first kappa shape index (κ1) is 11.7. The Hall–Kier alpha value is -1.35. The largest absolute Gasteiger partial charge is 0.481 e. The number of benzene rings is 1. The van der Waals surface area contributed by atoms with Crippen LogP contribution in [-0.4, -0.2) is 24.2 Å². The summed E-state index contributed by atoms with van der Waals surface area (Å²) >= 11 is 0. The van der Waals surface area contributed by atoms with E-state index in [1.807, 2.05) is 0 Å². The molecule has 1 aliphatic carbocycles. The molecule has 1 heterocycles. The van der Waals surface area contributed by atoms with Crippen molar-refractivity contribution in [1.29, 1.82) is 0 Å². The number of carboxylic acids is 1. The molecule has 1 aromatic rings. The summed E-state index contributed by atoms with van der Waals surface area (Å²) in [6.45, 7) is 2.21. The Balaban J connectivity index is 1.68. The van der Waals surface area contributed by atoms with Crippen LogP contribution in [0, 0.1) is 5.92 Å². The first-order valence-electron chi connectivity index (χ1n) is 6.79. The molecule has 0 amide bonds. The van der Waals surface area contributed by atoms with E-state index in [0.29, 0.717) is 5.92 Å². The number of carbonyl (C=O) groups is 1. The topological polar surface area (TPSA) is 49.3 Å². The van der Waals surface area contributed by atoms with Gasteiger partial charge in [0.2, 0.25) is 0 Å². The van der Waals surface area contributed by atoms with Gasteiger partial charge in [-0.15, -0.1) is 0 Å². The molecule has 2 N–H and O–H groups in total. The molecule has 0 spiro atoms. The summed E-state index contributed by atoms with van der Waals surface area (Å²) in [6.07, 6.45) is 3.31. The van der Waals surface area contributed by atoms with Crippen molar-refractivity contribution in [3.63, 3.8) is 0 Å². The molecule has 1 saturated carbocycles. The Morgan fingerprint density at radius 2 is 1.94 bits per heavy atom. The molecule has 0 aromatic heterocycles. The van der Waals surface area contributed by atoms with Gasteiger partial charge in [0.1, 0.15) is 0 Å². The van der Waals surface area contributed by atoms with Gasteiger partial charge >= 0.3 is 5.97 Å². The highest BCUT2D eigenvalue weighted by atomic mass is 16.4. The number of aliphatic carboxylic acids is 1. The molecule has 3 unspecified atom stereocenters. The lowest BCUT2D eigenvalue weighted by Gasteiger charge is -2.23. The van der Waals surface area contributed by atoms with Crippen molar-refractivity contribution in [3.8, 4) is 0 Å². The van der Waals surface area contributed by atoms with E-state index >= 15 is 0 Å². The molecule has 2 aliphatic rings. The fourth-order valence-electron chi connectivity index (χ4n) is 2.99. The summed E-state index contributed by atoms with van der Waals surface area (Å²) in [7, 11) is 0. The molecule has 2 fully saturated rings. The minimum atomic E-state index is -0.652. The Morgan fingerprint density at radius 1 is 1.22 bits per heavy atom. The summed E-state index contributed by atoms with van der Waals surface area (Å²) in [5.41, 5.74) is 2.58. The van der Waals surface area contributed by atoms with Gasteiger partial charge in [0, 0.05) is 6.54 Å². The quantitative estimate of drug-likeness (QED) is 0.859. The maximum Gasteiger partial charge on any atom is 0.307 e. The van der Waals surface area contributed by atoms with Gasteiger partial charge < -0.3 is 10.4 Å². The van der Waals surface area contributed by atoms with Crippen LogP contribution in [0.4, 0.5) is 0 Å². The molecule has 3 rings (SSSR count). The Kier molecular flexibility index (Phi) is 3.08. The van der Waals surface area contributed by atoms with Gasteiger partial charge in [0.05, 0.1) is 5.92 Å². The molecule has 3 heteroatoms. The van der Waals surface area contributed by atoms with Crippen LogP contribution in [0.25, 0.3) is 0 Å². The van der Waals surface area contributed by atoms with Crippen molar-refractivity contribution in [2.45, 2.75) is 31.1 Å². The number of rotatable bonds is 3. The molecule has 1 aromatic carbocycles. The average Bonchev–Trinajstić information content (AvgIpc) is 3.20. The number of hydrogen-bond acceptors (Lipinski definition) is 2. The second-order valence-electron chi connectivity index (χ2n) is 5.50. The van der Waals surface area contributed by atoms with Crippen LogP contribution in [0.2, 0.25) is 0 Å². The van der Waals surface area contributed by atoms with Gasteiger partial charge in [-0.25, -0.2) is 0 Å². The summed E-state index contributed by atoms with van der Waals surface area (Å²) < 4.78 is 0. The molecule has 3 nitrogen and oxygen atoms in total. The third kappa shape index (κ3) is 2.27. The van der Waals surface area contributed by atoms with Crippen molar-refractivity contribution >= 4 is 5.97 Å². The fraction of sp³-hybridized carbons (Fsp3) is 0.533. The summed E-state index contributed by atoms with van der Waals surface area (Å²) in [4.78, 5) is 10.9. The molecule has 18 heavy (non-hydrogen) atoms. The van der Waals surface area contributed by atoms with Crippen LogP contribution in [0.3, 0.4) is 0 Å². The second-order valence-corrected chi connectivity index (χ2v) is 5.50. The zero-order valence-corrected chi connectivity index (χ0v) is 10.4. The van der Waals surface area contributed by atoms with E-state index in [-0.39, 0.29) is 11.8 Å². The second kappa shape index (κ2) is 4.73. The molecule has 0 bridgehead atoms. The van der Waals surface area contributed by atoms with E-state index in [1.165, 1.54) is 24.0 Å². The molecular formula is C15H19NO2. The summed E-state index contributed by atoms with van der Waals surface area (Å²) in [5, 5.41) is 12.4. The number of hydrogen-bond donors (Lipinski definition) is 2. The van der Waals surface area contributed by atoms with E-state index in [0.717, 1.165) is 19.5 Å².